The smallest absolute Gasteiger partial charge is 0.144 e. The van der Waals surface area contributed by atoms with Crippen LogP contribution >= 0.6 is 0 Å². The van der Waals surface area contributed by atoms with Crippen LogP contribution in [0.4, 0.5) is 0 Å². The predicted molar refractivity (Wildman–Crippen MR) is 66.6 cm³/mol. The van der Waals surface area contributed by atoms with Crippen LogP contribution in [0.2, 0.25) is 0 Å². The van der Waals surface area contributed by atoms with Gasteiger partial charge in [0.1, 0.15) is 5.84 Å². The number of hydrogen-bond donors (Lipinski definition) is 2. The third-order valence-corrected chi connectivity index (χ3v) is 3.89. The predicted octanol–water partition coefficient (Wildman–Crippen LogP) is 1.88. The van der Waals surface area contributed by atoms with E-state index in [4.69, 9.17) is 10.9 Å². The molecule has 0 saturated heterocycles. The molecule has 0 heterocycles. The van der Waals surface area contributed by atoms with E-state index in [1.165, 1.54) is 12.8 Å². The maximum Gasteiger partial charge on any atom is 0.144 e. The molecule has 1 aliphatic carbocycles. The van der Waals surface area contributed by atoms with E-state index in [-0.39, 0.29) is 5.41 Å². The number of rotatable bonds is 6. The van der Waals surface area contributed by atoms with Gasteiger partial charge in [-0.3, -0.25) is 0 Å². The largest absolute Gasteiger partial charge is 0.409 e. The number of hydrogen-bond acceptors (Lipinski definition) is 3. The van der Waals surface area contributed by atoms with Crippen molar-refractivity contribution in [2.75, 3.05) is 13.6 Å². The number of nitrogens with zero attached hydrogens (tertiary/aromatic N) is 2. The highest BCUT2D eigenvalue weighted by Gasteiger charge is 2.31. The van der Waals surface area contributed by atoms with E-state index in [1.807, 2.05) is 13.8 Å². The molecule has 0 bridgehead atoms. The SMILES string of the molecule is CC(C1CC1)N(C)CCC(C)(C)C(N)=NO. The molecule has 1 rings (SSSR count). The summed E-state index contributed by atoms with van der Waals surface area (Å²) in [7, 11) is 2.16. The molecule has 3 N–H and O–H groups in total. The molecular weight excluding hydrogens is 202 g/mol. The van der Waals surface area contributed by atoms with Crippen LogP contribution in [0, 0.1) is 11.3 Å². The van der Waals surface area contributed by atoms with E-state index < -0.39 is 0 Å². The Bertz CT molecular complexity index is 259. The van der Waals surface area contributed by atoms with Gasteiger partial charge in [-0.1, -0.05) is 19.0 Å². The van der Waals surface area contributed by atoms with Crippen molar-refractivity contribution in [3.63, 3.8) is 0 Å². The molecule has 0 spiro atoms. The number of nitrogens with two attached hydrogens (primary N) is 1. The first kappa shape index (κ1) is 13.3. The Hall–Kier alpha value is -0.770. The van der Waals surface area contributed by atoms with Crippen LogP contribution in [0.1, 0.15) is 40.0 Å². The van der Waals surface area contributed by atoms with Crippen molar-refractivity contribution in [2.45, 2.75) is 46.1 Å². The highest BCUT2D eigenvalue weighted by Crippen LogP contribution is 2.35. The van der Waals surface area contributed by atoms with E-state index in [9.17, 15) is 0 Å². The Balaban J connectivity index is 2.37. The van der Waals surface area contributed by atoms with Gasteiger partial charge in [-0.2, -0.15) is 0 Å². The fourth-order valence-corrected chi connectivity index (χ4v) is 1.86. The summed E-state index contributed by atoms with van der Waals surface area (Å²) >= 11 is 0. The lowest BCUT2D eigenvalue weighted by atomic mass is 9.87. The Morgan fingerprint density at radius 1 is 1.56 bits per heavy atom. The normalized spacial score (nSPS) is 20.2. The van der Waals surface area contributed by atoms with Crippen LogP contribution in [-0.2, 0) is 0 Å². The fourth-order valence-electron chi connectivity index (χ4n) is 1.86. The summed E-state index contributed by atoms with van der Waals surface area (Å²) in [5, 5.41) is 11.8. The van der Waals surface area contributed by atoms with E-state index in [0.717, 1.165) is 18.9 Å². The molecule has 16 heavy (non-hydrogen) atoms. The minimum atomic E-state index is -0.230. The molecule has 1 atom stereocenters. The molecule has 0 aliphatic heterocycles. The van der Waals surface area contributed by atoms with Crippen LogP contribution in [0.15, 0.2) is 5.16 Å². The highest BCUT2D eigenvalue weighted by atomic mass is 16.4. The van der Waals surface area contributed by atoms with Crippen molar-refractivity contribution in [3.05, 3.63) is 0 Å². The van der Waals surface area contributed by atoms with Gasteiger partial charge in [0, 0.05) is 11.5 Å². The van der Waals surface area contributed by atoms with Crippen LogP contribution in [-0.4, -0.2) is 35.6 Å². The molecule has 1 saturated carbocycles. The molecule has 94 valence electrons. The molecule has 1 aliphatic rings. The second-order valence-corrected chi connectivity index (χ2v) is 5.68. The number of amidine groups is 1. The van der Waals surface area contributed by atoms with Crippen molar-refractivity contribution in [1.29, 1.82) is 0 Å². The fraction of sp³-hybridized carbons (Fsp3) is 0.917. The van der Waals surface area contributed by atoms with Gasteiger partial charge in [0.25, 0.3) is 0 Å². The van der Waals surface area contributed by atoms with E-state index in [1.54, 1.807) is 0 Å². The highest BCUT2D eigenvalue weighted by molar-refractivity contribution is 5.85. The van der Waals surface area contributed by atoms with Crippen LogP contribution < -0.4 is 5.73 Å². The zero-order valence-electron chi connectivity index (χ0n) is 10.9. The van der Waals surface area contributed by atoms with Crippen LogP contribution in [0.5, 0.6) is 0 Å². The first-order valence-corrected chi connectivity index (χ1v) is 6.06. The monoisotopic (exact) mass is 227 g/mol. The summed E-state index contributed by atoms with van der Waals surface area (Å²) in [6.07, 6.45) is 3.65. The molecule has 1 fully saturated rings. The van der Waals surface area contributed by atoms with Gasteiger partial charge < -0.3 is 15.8 Å². The Labute approximate surface area is 98.5 Å². The molecule has 4 heteroatoms. The Kier molecular flexibility index (Phi) is 4.19. The molecule has 1 unspecified atom stereocenters. The van der Waals surface area contributed by atoms with Gasteiger partial charge in [-0.05, 0) is 45.7 Å². The quantitative estimate of drug-likeness (QED) is 0.315. The molecule has 4 nitrogen and oxygen atoms in total. The molecule has 0 aromatic heterocycles. The molecule has 0 aromatic carbocycles. The topological polar surface area (TPSA) is 61.8 Å². The van der Waals surface area contributed by atoms with Crippen molar-refractivity contribution in [1.82, 2.24) is 4.90 Å². The van der Waals surface area contributed by atoms with Gasteiger partial charge in [-0.15, -0.1) is 0 Å². The molecule has 0 aromatic rings. The lowest BCUT2D eigenvalue weighted by Crippen LogP contribution is -2.38. The van der Waals surface area contributed by atoms with Crippen molar-refractivity contribution < 1.29 is 5.21 Å². The second kappa shape index (κ2) is 5.04. The summed E-state index contributed by atoms with van der Waals surface area (Å²) < 4.78 is 0. The lowest BCUT2D eigenvalue weighted by Gasteiger charge is -2.29. The van der Waals surface area contributed by atoms with Gasteiger partial charge >= 0.3 is 0 Å². The van der Waals surface area contributed by atoms with Crippen molar-refractivity contribution in [3.8, 4) is 0 Å². The third-order valence-electron chi connectivity index (χ3n) is 3.89. The first-order chi connectivity index (χ1) is 7.38. The van der Waals surface area contributed by atoms with E-state index >= 15 is 0 Å². The first-order valence-electron chi connectivity index (χ1n) is 6.06. The second-order valence-electron chi connectivity index (χ2n) is 5.68. The molecule has 0 radical (unpaired) electrons. The average molecular weight is 227 g/mol. The van der Waals surface area contributed by atoms with E-state index in [0.29, 0.717) is 11.9 Å². The third kappa shape index (κ3) is 3.37. The molecule has 0 amide bonds. The minimum absolute atomic E-state index is 0.230. The van der Waals surface area contributed by atoms with Gasteiger partial charge in [-0.25, -0.2) is 0 Å². The summed E-state index contributed by atoms with van der Waals surface area (Å²) in [5.74, 6) is 1.21. The van der Waals surface area contributed by atoms with Crippen LogP contribution in [0.25, 0.3) is 0 Å². The maximum atomic E-state index is 8.69. The summed E-state index contributed by atoms with van der Waals surface area (Å²) in [6, 6.07) is 0.656. The van der Waals surface area contributed by atoms with Gasteiger partial charge in [0.15, 0.2) is 0 Å². The summed E-state index contributed by atoms with van der Waals surface area (Å²) in [4.78, 5) is 2.38. The van der Waals surface area contributed by atoms with Crippen molar-refractivity contribution >= 4 is 5.84 Å². The van der Waals surface area contributed by atoms with Crippen LogP contribution in [0.3, 0.4) is 0 Å². The maximum absolute atomic E-state index is 8.69. The minimum Gasteiger partial charge on any atom is -0.409 e. The molecular formula is C12H25N3O. The average Bonchev–Trinajstić information content (AvgIpc) is 3.07. The van der Waals surface area contributed by atoms with Crippen molar-refractivity contribution in [2.24, 2.45) is 22.2 Å². The summed E-state index contributed by atoms with van der Waals surface area (Å²) in [6.45, 7) is 7.30. The van der Waals surface area contributed by atoms with Gasteiger partial charge in [0.05, 0.1) is 0 Å². The standard InChI is InChI=1S/C12H25N3O/c1-9(10-5-6-10)15(4)8-7-12(2,3)11(13)14-16/h9-10,16H,5-8H2,1-4H3,(H2,13,14). The Morgan fingerprint density at radius 2 is 2.12 bits per heavy atom. The zero-order valence-corrected chi connectivity index (χ0v) is 10.9. The van der Waals surface area contributed by atoms with E-state index in [2.05, 4.69) is 24.0 Å². The zero-order chi connectivity index (χ0) is 12.3. The van der Waals surface area contributed by atoms with Gasteiger partial charge in [0.2, 0.25) is 0 Å². The summed E-state index contributed by atoms with van der Waals surface area (Å²) in [5.41, 5.74) is 5.44. The lowest BCUT2D eigenvalue weighted by molar-refractivity contribution is 0.211. The number of oxime groups is 1. The Morgan fingerprint density at radius 3 is 2.56 bits per heavy atom.